The van der Waals surface area contributed by atoms with E-state index >= 15 is 0 Å². The van der Waals surface area contributed by atoms with Crippen molar-refractivity contribution in [2.45, 2.75) is 38.3 Å². The number of thiazole rings is 1. The summed E-state index contributed by atoms with van der Waals surface area (Å²) in [5, 5.41) is 7.33. The van der Waals surface area contributed by atoms with Crippen molar-refractivity contribution < 1.29 is 13.9 Å². The van der Waals surface area contributed by atoms with Crippen molar-refractivity contribution in [1.29, 1.82) is 0 Å². The highest BCUT2D eigenvalue weighted by atomic mass is 32.1. The summed E-state index contributed by atoms with van der Waals surface area (Å²) in [4.78, 5) is 19.9. The Morgan fingerprint density at radius 3 is 2.79 bits per heavy atom. The molecule has 7 nitrogen and oxygen atoms in total. The summed E-state index contributed by atoms with van der Waals surface area (Å²) in [6, 6.07) is 5.14. The fraction of sp³-hybridized carbons (Fsp3) is 0.417. The number of carbonyl (C=O) groups excluding carboxylic acids is 1. The van der Waals surface area contributed by atoms with Gasteiger partial charge in [0.1, 0.15) is 10.7 Å². The molecule has 9 heteroatoms. The predicted octanol–water partition coefficient (Wildman–Crippen LogP) is 3.80. The van der Waals surface area contributed by atoms with Gasteiger partial charge in [-0.1, -0.05) is 30.4 Å². The summed E-state index contributed by atoms with van der Waals surface area (Å²) in [6.07, 6.45) is 9.71. The van der Waals surface area contributed by atoms with Crippen molar-refractivity contribution >= 4 is 28.1 Å². The molecule has 0 bridgehead atoms. The average Bonchev–Trinajstić information content (AvgIpc) is 3.19. The number of ketones is 1. The van der Waals surface area contributed by atoms with Gasteiger partial charge in [-0.15, -0.1) is 0 Å². The van der Waals surface area contributed by atoms with E-state index in [1.54, 1.807) is 0 Å². The molecule has 2 aliphatic rings. The molecule has 2 aromatic rings. The fourth-order valence-electron chi connectivity index (χ4n) is 4.31. The van der Waals surface area contributed by atoms with Gasteiger partial charge in [0.05, 0.1) is 7.11 Å². The van der Waals surface area contributed by atoms with Gasteiger partial charge in [0.25, 0.3) is 0 Å². The molecule has 33 heavy (non-hydrogen) atoms. The molecule has 4 rings (SSSR count). The number of anilines is 2. The molecule has 1 atom stereocenters. The van der Waals surface area contributed by atoms with Crippen LogP contribution in [0.2, 0.25) is 0 Å². The molecule has 0 saturated carbocycles. The minimum atomic E-state index is -0.595. The number of likely N-dealkylation sites (tertiary alicyclic amines) is 1. The van der Waals surface area contributed by atoms with Gasteiger partial charge in [0, 0.05) is 36.4 Å². The van der Waals surface area contributed by atoms with E-state index in [1.807, 2.05) is 0 Å². The molecule has 1 aliphatic heterocycles. The summed E-state index contributed by atoms with van der Waals surface area (Å²) in [7, 11) is 1.38. The van der Waals surface area contributed by atoms with Gasteiger partial charge >= 0.3 is 0 Å². The summed E-state index contributed by atoms with van der Waals surface area (Å²) in [5.41, 5.74) is 7.13. The van der Waals surface area contributed by atoms with Crippen LogP contribution < -0.4 is 21.1 Å². The Morgan fingerprint density at radius 2 is 2.15 bits per heavy atom. The molecule has 1 aromatic carbocycles. The van der Waals surface area contributed by atoms with Gasteiger partial charge in [-0.25, -0.2) is 9.37 Å². The van der Waals surface area contributed by atoms with Crippen LogP contribution in [0.5, 0.6) is 5.75 Å². The summed E-state index contributed by atoms with van der Waals surface area (Å²) in [6.45, 7) is 5.38. The largest absolute Gasteiger partial charge is 0.494 e. The van der Waals surface area contributed by atoms with E-state index in [2.05, 4.69) is 45.7 Å². The number of halogens is 1. The zero-order valence-corrected chi connectivity index (χ0v) is 19.8. The van der Waals surface area contributed by atoms with Crippen LogP contribution in [0.4, 0.5) is 15.3 Å². The average molecular weight is 472 g/mol. The minimum Gasteiger partial charge on any atom is -0.494 e. The lowest BCUT2D eigenvalue weighted by molar-refractivity contribution is 0.104. The third kappa shape index (κ3) is 5.43. The zero-order valence-electron chi connectivity index (χ0n) is 18.9. The second kappa shape index (κ2) is 10.5. The first-order valence-corrected chi connectivity index (χ1v) is 12.1. The predicted molar refractivity (Wildman–Crippen MR) is 130 cm³/mol. The molecule has 0 spiro atoms. The highest BCUT2D eigenvalue weighted by Crippen LogP contribution is 2.30. The molecule has 2 heterocycles. The highest BCUT2D eigenvalue weighted by molar-refractivity contribution is 7.18. The van der Waals surface area contributed by atoms with Gasteiger partial charge in [-0.05, 0) is 50.1 Å². The van der Waals surface area contributed by atoms with E-state index in [9.17, 15) is 9.18 Å². The normalized spacial score (nSPS) is 19.4. The Morgan fingerprint density at radius 1 is 1.36 bits per heavy atom. The standard InChI is InChI=1S/C24H30FN5O2S/c1-3-27-16-10-12-30(13-11-16)18-7-5-17(6-8-18)28-24-29-23(26)22(33-24)21(31)15-4-9-20(32-2)19(25)14-15/h4-7,9,14,16,18,27H,3,8,10-13,26H2,1-2H3,(H,28,29). The number of nitrogen functional groups attached to an aromatic ring is 1. The summed E-state index contributed by atoms with van der Waals surface area (Å²) < 4.78 is 18.9. The molecule has 0 amide bonds. The van der Waals surface area contributed by atoms with Crippen molar-refractivity contribution in [1.82, 2.24) is 15.2 Å². The second-order valence-corrected chi connectivity index (χ2v) is 9.23. The molecule has 176 valence electrons. The van der Waals surface area contributed by atoms with Crippen LogP contribution in [0.25, 0.3) is 0 Å². The summed E-state index contributed by atoms with van der Waals surface area (Å²) >= 11 is 1.16. The number of carbonyl (C=O) groups is 1. The van der Waals surface area contributed by atoms with E-state index < -0.39 is 5.82 Å². The van der Waals surface area contributed by atoms with Gasteiger partial charge in [-0.2, -0.15) is 0 Å². The van der Waals surface area contributed by atoms with Crippen LogP contribution in [-0.2, 0) is 0 Å². The minimum absolute atomic E-state index is 0.0857. The molecular weight excluding hydrogens is 441 g/mol. The highest BCUT2D eigenvalue weighted by Gasteiger charge is 2.24. The number of benzene rings is 1. The smallest absolute Gasteiger partial charge is 0.206 e. The van der Waals surface area contributed by atoms with Crippen LogP contribution in [0.1, 0.15) is 41.4 Å². The molecule has 1 aromatic heterocycles. The van der Waals surface area contributed by atoms with E-state index in [1.165, 1.54) is 32.1 Å². The third-order valence-corrected chi connectivity index (χ3v) is 7.08. The van der Waals surface area contributed by atoms with Gasteiger partial charge in [-0.3, -0.25) is 9.69 Å². The maximum atomic E-state index is 14.0. The number of rotatable bonds is 8. The number of hydrogen-bond acceptors (Lipinski definition) is 8. The van der Waals surface area contributed by atoms with Crippen molar-refractivity contribution in [2.24, 2.45) is 0 Å². The lowest BCUT2D eigenvalue weighted by atomic mass is 9.99. The Hall–Kier alpha value is -2.75. The number of aromatic nitrogens is 1. The van der Waals surface area contributed by atoms with Crippen molar-refractivity contribution in [2.75, 3.05) is 37.8 Å². The van der Waals surface area contributed by atoms with E-state index in [-0.39, 0.29) is 27.8 Å². The first-order chi connectivity index (χ1) is 16.0. The molecular formula is C24H30FN5O2S. The SMILES string of the molecule is CCNC1CCN(C2C=CC(Nc3nc(N)c(C(=O)c4ccc(OC)c(F)c4)s3)=CC2)CC1. The third-order valence-electron chi connectivity index (χ3n) is 6.09. The van der Waals surface area contributed by atoms with Crippen LogP contribution in [0.3, 0.4) is 0 Å². The first-order valence-electron chi connectivity index (χ1n) is 11.3. The topological polar surface area (TPSA) is 92.5 Å². The van der Waals surface area contributed by atoms with E-state index in [4.69, 9.17) is 10.5 Å². The van der Waals surface area contributed by atoms with Gasteiger partial charge in [0.15, 0.2) is 16.7 Å². The molecule has 4 N–H and O–H groups in total. The number of allylic oxidation sites excluding steroid dienone is 1. The molecule has 0 radical (unpaired) electrons. The summed E-state index contributed by atoms with van der Waals surface area (Å²) in [5.74, 6) is -0.746. The Labute approximate surface area is 197 Å². The van der Waals surface area contributed by atoms with Crippen LogP contribution >= 0.6 is 11.3 Å². The van der Waals surface area contributed by atoms with Crippen molar-refractivity contribution in [3.63, 3.8) is 0 Å². The van der Waals surface area contributed by atoms with Crippen molar-refractivity contribution in [3.05, 3.63) is 58.4 Å². The fourth-order valence-corrected chi connectivity index (χ4v) is 5.17. The Bertz CT molecular complexity index is 1060. The number of nitrogens with zero attached hydrogens (tertiary/aromatic N) is 2. The van der Waals surface area contributed by atoms with Gasteiger partial charge < -0.3 is 21.1 Å². The Balaban J connectivity index is 1.36. The van der Waals surface area contributed by atoms with Crippen LogP contribution in [-0.4, -0.2) is 54.5 Å². The maximum Gasteiger partial charge on any atom is 0.206 e. The monoisotopic (exact) mass is 471 g/mol. The lowest BCUT2D eigenvalue weighted by Gasteiger charge is -2.37. The zero-order chi connectivity index (χ0) is 23.4. The van der Waals surface area contributed by atoms with Crippen molar-refractivity contribution in [3.8, 4) is 5.75 Å². The number of piperidine rings is 1. The number of ether oxygens (including phenoxy) is 1. The quantitative estimate of drug-likeness (QED) is 0.504. The molecule has 1 aliphatic carbocycles. The molecule has 1 saturated heterocycles. The number of hydrogen-bond donors (Lipinski definition) is 3. The lowest BCUT2D eigenvalue weighted by Crippen LogP contribution is -2.46. The molecule has 1 fully saturated rings. The van der Waals surface area contributed by atoms with Crippen LogP contribution in [0, 0.1) is 5.82 Å². The van der Waals surface area contributed by atoms with Crippen LogP contribution in [0.15, 0.2) is 42.1 Å². The number of nitrogens with two attached hydrogens (primary N) is 1. The van der Waals surface area contributed by atoms with Gasteiger partial charge in [0.2, 0.25) is 5.78 Å². The molecule has 1 unspecified atom stereocenters. The van der Waals surface area contributed by atoms with E-state index in [0.29, 0.717) is 17.2 Å². The second-order valence-electron chi connectivity index (χ2n) is 8.23. The number of methoxy groups -OCH3 is 1. The maximum absolute atomic E-state index is 14.0. The first kappa shape index (κ1) is 23.4. The van der Waals surface area contributed by atoms with E-state index in [0.717, 1.165) is 49.2 Å². The Kier molecular flexibility index (Phi) is 7.42. The number of nitrogens with one attached hydrogen (secondary N) is 2.